The van der Waals surface area contributed by atoms with Crippen molar-refractivity contribution in [1.82, 2.24) is 0 Å². The molecule has 1 aromatic carbocycles. The molecular formula is C12H17Br. The second-order valence-electron chi connectivity index (χ2n) is 4.38. The Bertz CT molecular complexity index is 294. The standard InChI is InChI=1S/C12H17Br/c1-5-9-7-6-8-10(11(9)13)12(2,3)4/h6-8H,5H2,1-4H3. The first-order chi connectivity index (χ1) is 5.96. The molecule has 13 heavy (non-hydrogen) atoms. The first kappa shape index (κ1) is 10.8. The van der Waals surface area contributed by atoms with Crippen LogP contribution in [0.15, 0.2) is 22.7 Å². The summed E-state index contributed by atoms with van der Waals surface area (Å²) in [5.41, 5.74) is 3.02. The highest BCUT2D eigenvalue weighted by atomic mass is 79.9. The van der Waals surface area contributed by atoms with Gasteiger partial charge in [-0.1, -0.05) is 61.8 Å². The number of rotatable bonds is 1. The van der Waals surface area contributed by atoms with E-state index in [4.69, 9.17) is 0 Å². The highest BCUT2D eigenvalue weighted by molar-refractivity contribution is 9.10. The minimum absolute atomic E-state index is 0.226. The molecule has 1 heteroatoms. The van der Waals surface area contributed by atoms with Crippen LogP contribution in [-0.2, 0) is 11.8 Å². The van der Waals surface area contributed by atoms with Crippen molar-refractivity contribution in [3.8, 4) is 0 Å². The van der Waals surface area contributed by atoms with Gasteiger partial charge in [0, 0.05) is 4.47 Å². The van der Waals surface area contributed by atoms with Crippen molar-refractivity contribution < 1.29 is 0 Å². The number of hydrogen-bond donors (Lipinski definition) is 0. The van der Waals surface area contributed by atoms with E-state index < -0.39 is 0 Å². The number of benzene rings is 1. The summed E-state index contributed by atoms with van der Waals surface area (Å²) in [6, 6.07) is 6.52. The first-order valence-corrected chi connectivity index (χ1v) is 5.54. The van der Waals surface area contributed by atoms with Crippen LogP contribution >= 0.6 is 15.9 Å². The van der Waals surface area contributed by atoms with Gasteiger partial charge in [-0.05, 0) is 23.0 Å². The van der Waals surface area contributed by atoms with E-state index in [-0.39, 0.29) is 5.41 Å². The molecule has 0 saturated carbocycles. The highest BCUT2D eigenvalue weighted by Gasteiger charge is 2.17. The number of hydrogen-bond acceptors (Lipinski definition) is 0. The summed E-state index contributed by atoms with van der Waals surface area (Å²) in [6.45, 7) is 8.91. The van der Waals surface area contributed by atoms with Gasteiger partial charge in [0.25, 0.3) is 0 Å². The van der Waals surface area contributed by atoms with Crippen molar-refractivity contribution in [2.75, 3.05) is 0 Å². The van der Waals surface area contributed by atoms with Crippen LogP contribution in [0.5, 0.6) is 0 Å². The molecule has 1 aromatic rings. The van der Waals surface area contributed by atoms with Gasteiger partial charge in [-0.3, -0.25) is 0 Å². The Morgan fingerprint density at radius 3 is 2.31 bits per heavy atom. The molecule has 1 rings (SSSR count). The summed E-state index contributed by atoms with van der Waals surface area (Å²) in [7, 11) is 0. The molecule has 0 saturated heterocycles. The van der Waals surface area contributed by atoms with Crippen molar-refractivity contribution in [3.05, 3.63) is 33.8 Å². The van der Waals surface area contributed by atoms with Crippen LogP contribution in [-0.4, -0.2) is 0 Å². The van der Waals surface area contributed by atoms with E-state index in [0.29, 0.717) is 0 Å². The smallest absolute Gasteiger partial charge is 0.0244 e. The molecule has 72 valence electrons. The fourth-order valence-corrected chi connectivity index (χ4v) is 2.57. The van der Waals surface area contributed by atoms with Crippen molar-refractivity contribution in [2.24, 2.45) is 0 Å². The molecule has 0 spiro atoms. The first-order valence-electron chi connectivity index (χ1n) is 4.74. The van der Waals surface area contributed by atoms with Gasteiger partial charge < -0.3 is 0 Å². The van der Waals surface area contributed by atoms with Crippen LogP contribution in [0.2, 0.25) is 0 Å². The molecule has 0 N–H and O–H groups in total. The van der Waals surface area contributed by atoms with Crippen LogP contribution in [0.25, 0.3) is 0 Å². The van der Waals surface area contributed by atoms with E-state index in [2.05, 4.69) is 61.8 Å². The topological polar surface area (TPSA) is 0 Å². The molecule has 0 aliphatic heterocycles. The lowest BCUT2D eigenvalue weighted by molar-refractivity contribution is 0.586. The Morgan fingerprint density at radius 2 is 1.85 bits per heavy atom. The molecule has 0 nitrogen and oxygen atoms in total. The maximum Gasteiger partial charge on any atom is 0.0244 e. The lowest BCUT2D eigenvalue weighted by Gasteiger charge is -2.22. The SMILES string of the molecule is CCc1cccc(C(C)(C)C)c1Br. The molecule has 0 aliphatic carbocycles. The number of aryl methyl sites for hydroxylation is 1. The van der Waals surface area contributed by atoms with Gasteiger partial charge in [0.2, 0.25) is 0 Å². The van der Waals surface area contributed by atoms with Crippen molar-refractivity contribution in [1.29, 1.82) is 0 Å². The second-order valence-corrected chi connectivity index (χ2v) is 5.18. The Balaban J connectivity index is 3.24. The lowest BCUT2D eigenvalue weighted by atomic mass is 9.86. The maximum absolute atomic E-state index is 3.68. The van der Waals surface area contributed by atoms with Gasteiger partial charge >= 0.3 is 0 Å². The van der Waals surface area contributed by atoms with Crippen molar-refractivity contribution >= 4 is 15.9 Å². The zero-order chi connectivity index (χ0) is 10.1. The van der Waals surface area contributed by atoms with E-state index in [9.17, 15) is 0 Å². The molecule has 0 bridgehead atoms. The Morgan fingerprint density at radius 1 is 1.23 bits per heavy atom. The van der Waals surface area contributed by atoms with E-state index >= 15 is 0 Å². The molecular weight excluding hydrogens is 224 g/mol. The normalized spacial score (nSPS) is 11.8. The molecule has 0 aliphatic rings. The Labute approximate surface area is 89.5 Å². The third kappa shape index (κ3) is 2.34. The van der Waals surface area contributed by atoms with Crippen LogP contribution < -0.4 is 0 Å². The molecule has 0 atom stereocenters. The summed E-state index contributed by atoms with van der Waals surface area (Å²) in [6.07, 6.45) is 1.09. The molecule has 0 heterocycles. The average molecular weight is 241 g/mol. The van der Waals surface area contributed by atoms with E-state index in [1.807, 2.05) is 0 Å². The van der Waals surface area contributed by atoms with Gasteiger partial charge in [-0.15, -0.1) is 0 Å². The zero-order valence-corrected chi connectivity index (χ0v) is 10.4. The van der Waals surface area contributed by atoms with Crippen LogP contribution in [0.1, 0.15) is 38.8 Å². The minimum atomic E-state index is 0.226. The summed E-state index contributed by atoms with van der Waals surface area (Å²) >= 11 is 3.68. The minimum Gasteiger partial charge on any atom is -0.0616 e. The van der Waals surface area contributed by atoms with Crippen LogP contribution in [0.3, 0.4) is 0 Å². The summed E-state index contributed by atoms with van der Waals surface area (Å²) in [5, 5.41) is 0. The average Bonchev–Trinajstić information content (AvgIpc) is 2.02. The predicted octanol–water partition coefficient (Wildman–Crippen LogP) is 4.31. The van der Waals surface area contributed by atoms with Crippen molar-refractivity contribution in [2.45, 2.75) is 39.5 Å². The largest absolute Gasteiger partial charge is 0.0616 e. The molecule has 0 fully saturated rings. The Kier molecular flexibility index (Phi) is 3.18. The second kappa shape index (κ2) is 3.83. The predicted molar refractivity (Wildman–Crippen MR) is 62.2 cm³/mol. The highest BCUT2D eigenvalue weighted by Crippen LogP contribution is 2.32. The third-order valence-corrected chi connectivity index (χ3v) is 3.20. The van der Waals surface area contributed by atoms with Crippen LogP contribution in [0, 0.1) is 0 Å². The maximum atomic E-state index is 3.68. The van der Waals surface area contributed by atoms with Gasteiger partial charge in [-0.25, -0.2) is 0 Å². The molecule has 0 aromatic heterocycles. The summed E-state index contributed by atoms with van der Waals surface area (Å²) < 4.78 is 1.28. The Hall–Kier alpha value is -0.300. The monoisotopic (exact) mass is 240 g/mol. The molecule has 0 unspecified atom stereocenters. The lowest BCUT2D eigenvalue weighted by Crippen LogP contribution is -2.12. The fraction of sp³-hybridized carbons (Fsp3) is 0.500. The summed E-state index contributed by atoms with van der Waals surface area (Å²) in [5.74, 6) is 0. The van der Waals surface area contributed by atoms with Gasteiger partial charge in [-0.2, -0.15) is 0 Å². The molecule has 0 radical (unpaired) electrons. The van der Waals surface area contributed by atoms with E-state index in [1.165, 1.54) is 15.6 Å². The zero-order valence-electron chi connectivity index (χ0n) is 8.82. The summed E-state index contributed by atoms with van der Waals surface area (Å²) in [4.78, 5) is 0. The van der Waals surface area contributed by atoms with Gasteiger partial charge in [0.05, 0.1) is 0 Å². The van der Waals surface area contributed by atoms with Crippen molar-refractivity contribution in [3.63, 3.8) is 0 Å². The number of halogens is 1. The molecule has 0 amide bonds. The van der Waals surface area contributed by atoms with Gasteiger partial charge in [0.1, 0.15) is 0 Å². The quantitative estimate of drug-likeness (QED) is 0.687. The third-order valence-electron chi connectivity index (χ3n) is 2.27. The van der Waals surface area contributed by atoms with Crippen LogP contribution in [0.4, 0.5) is 0 Å². The van der Waals surface area contributed by atoms with Gasteiger partial charge in [0.15, 0.2) is 0 Å². The van der Waals surface area contributed by atoms with E-state index in [1.54, 1.807) is 0 Å². The van der Waals surface area contributed by atoms with E-state index in [0.717, 1.165) is 6.42 Å². The fourth-order valence-electron chi connectivity index (χ4n) is 1.43.